The van der Waals surface area contributed by atoms with E-state index in [2.05, 4.69) is 38.6 Å². The summed E-state index contributed by atoms with van der Waals surface area (Å²) in [5.41, 5.74) is 30.2. The van der Waals surface area contributed by atoms with Crippen molar-refractivity contribution in [1.82, 2.24) is 25.0 Å². The number of benzene rings is 1. The second kappa shape index (κ2) is 23.4. The van der Waals surface area contributed by atoms with Gasteiger partial charge in [-0.3, -0.25) is 29.2 Å². The number of nitrogens with two attached hydrogens (primary N) is 5. The molecule has 12 N–H and O–H groups in total. The van der Waals surface area contributed by atoms with Crippen LogP contribution in [0, 0.1) is 0 Å². The van der Waals surface area contributed by atoms with Crippen molar-refractivity contribution in [2.45, 2.75) is 37.5 Å². The van der Waals surface area contributed by atoms with Crippen molar-refractivity contribution in [1.29, 1.82) is 0 Å². The fourth-order valence-corrected chi connectivity index (χ4v) is 5.53. The van der Waals surface area contributed by atoms with Crippen LogP contribution in [0.15, 0.2) is 49.7 Å². The molecule has 2 atom stereocenters. The summed E-state index contributed by atoms with van der Waals surface area (Å²) in [6.07, 6.45) is -0.314. The summed E-state index contributed by atoms with van der Waals surface area (Å²) in [5, 5.41) is 5.33. The van der Waals surface area contributed by atoms with Crippen LogP contribution in [0.4, 0.5) is 18.9 Å². The summed E-state index contributed by atoms with van der Waals surface area (Å²) in [6, 6.07) is 3.48. The molecule has 0 bridgehead atoms. The summed E-state index contributed by atoms with van der Waals surface area (Å²) in [7, 11) is 0. The molecule has 0 fully saturated rings. The first-order chi connectivity index (χ1) is 25.3. The third-order valence-electron chi connectivity index (χ3n) is 8.50. The number of amides is 3. The molecular formula is C36H56F3N11O3. The maximum Gasteiger partial charge on any atom is 0.416 e. The van der Waals surface area contributed by atoms with Gasteiger partial charge in [0.1, 0.15) is 6.04 Å². The van der Waals surface area contributed by atoms with Gasteiger partial charge in [0.15, 0.2) is 0 Å². The molecule has 0 aliphatic heterocycles. The van der Waals surface area contributed by atoms with Crippen LogP contribution in [0.1, 0.15) is 35.2 Å². The van der Waals surface area contributed by atoms with E-state index >= 15 is 0 Å². The zero-order valence-corrected chi connectivity index (χ0v) is 30.3. The minimum Gasteiger partial charge on any atom is -0.343 e. The molecule has 0 radical (unpaired) electrons. The average Bonchev–Trinajstić information content (AvgIpc) is 3.13. The maximum absolute atomic E-state index is 13.5. The van der Waals surface area contributed by atoms with E-state index < -0.39 is 35.6 Å². The SMILES string of the molecule is C=Cc1cc(NC(=O)C(Cc2ccc(C(F)(F)F)cc2)NC(=O)C(N)CCC(=O)N(CCN(CCN)CCN)CCN(CCN)CCN)cnc1C=C. The predicted octanol–water partition coefficient (Wildman–Crippen LogP) is 0.427. The number of pyridine rings is 1. The van der Waals surface area contributed by atoms with Gasteiger partial charge in [-0.1, -0.05) is 31.4 Å². The van der Waals surface area contributed by atoms with Crippen LogP contribution < -0.4 is 39.3 Å². The Morgan fingerprint density at radius 2 is 1.36 bits per heavy atom. The lowest BCUT2D eigenvalue weighted by Crippen LogP contribution is -2.51. The largest absolute Gasteiger partial charge is 0.416 e. The highest BCUT2D eigenvalue weighted by atomic mass is 19.4. The van der Waals surface area contributed by atoms with Crippen LogP contribution in [0.2, 0.25) is 0 Å². The van der Waals surface area contributed by atoms with Gasteiger partial charge in [0.05, 0.1) is 29.2 Å². The minimum absolute atomic E-state index is 0.0317. The summed E-state index contributed by atoms with van der Waals surface area (Å²) < 4.78 is 39.6. The van der Waals surface area contributed by atoms with Crippen molar-refractivity contribution in [3.63, 3.8) is 0 Å². The highest BCUT2D eigenvalue weighted by Crippen LogP contribution is 2.29. The maximum atomic E-state index is 13.5. The van der Waals surface area contributed by atoms with E-state index in [-0.39, 0.29) is 25.2 Å². The fraction of sp³-hybridized carbons (Fsp3) is 0.500. The van der Waals surface area contributed by atoms with Gasteiger partial charge in [0, 0.05) is 96.9 Å². The Hall–Kier alpha value is -4.23. The monoisotopic (exact) mass is 747 g/mol. The van der Waals surface area contributed by atoms with Gasteiger partial charge in [-0.25, -0.2) is 0 Å². The molecule has 1 aromatic carbocycles. The number of hydrogen-bond donors (Lipinski definition) is 7. The van der Waals surface area contributed by atoms with Crippen molar-refractivity contribution in [2.24, 2.45) is 28.7 Å². The van der Waals surface area contributed by atoms with E-state index in [0.717, 1.165) is 12.1 Å². The summed E-state index contributed by atoms with van der Waals surface area (Å²) >= 11 is 0. The Morgan fingerprint density at radius 1 is 0.811 bits per heavy atom. The van der Waals surface area contributed by atoms with Crippen LogP contribution in [0.5, 0.6) is 0 Å². The molecule has 1 aromatic heterocycles. The highest BCUT2D eigenvalue weighted by molar-refractivity contribution is 5.98. The van der Waals surface area contributed by atoms with Crippen molar-refractivity contribution < 1.29 is 27.6 Å². The molecule has 294 valence electrons. The fourth-order valence-electron chi connectivity index (χ4n) is 5.53. The van der Waals surface area contributed by atoms with Crippen molar-refractivity contribution in [3.8, 4) is 0 Å². The molecule has 53 heavy (non-hydrogen) atoms. The lowest BCUT2D eigenvalue weighted by atomic mass is 10.0. The first-order valence-electron chi connectivity index (χ1n) is 17.6. The van der Waals surface area contributed by atoms with Gasteiger partial charge >= 0.3 is 6.18 Å². The molecular weight excluding hydrogens is 691 g/mol. The average molecular weight is 748 g/mol. The summed E-state index contributed by atoms with van der Waals surface area (Å²) in [6.45, 7) is 13.5. The molecule has 1 heterocycles. The van der Waals surface area contributed by atoms with Gasteiger partial charge < -0.3 is 44.2 Å². The molecule has 14 nitrogen and oxygen atoms in total. The van der Waals surface area contributed by atoms with E-state index in [1.54, 1.807) is 11.0 Å². The number of halogens is 3. The molecule has 2 rings (SSSR count). The lowest BCUT2D eigenvalue weighted by Gasteiger charge is -2.30. The standard InChI is InChI=1S/C36H56F3N11O3/c1-3-27-24-29(25-45-31(27)4-2)46-35(53)32(23-26-5-7-28(8-6-26)36(37,38)39)47-34(52)30(44)9-10-33(51)50(21-19-48(15-11-40)16-12-41)22-20-49(17-13-42)18-14-43/h3-8,24-25,30,32H,1-2,9-23,40-44H2,(H,46,53)(H,47,52). The number of rotatable bonds is 25. The van der Waals surface area contributed by atoms with Gasteiger partial charge in [0.2, 0.25) is 17.7 Å². The molecule has 3 amide bonds. The number of aromatic nitrogens is 1. The predicted molar refractivity (Wildman–Crippen MR) is 203 cm³/mol. The van der Waals surface area contributed by atoms with Crippen LogP contribution in [0.25, 0.3) is 12.2 Å². The zero-order valence-electron chi connectivity index (χ0n) is 30.3. The number of anilines is 1. The number of nitrogens with one attached hydrogen (secondary N) is 2. The Labute approximate surface area is 310 Å². The lowest BCUT2D eigenvalue weighted by molar-refractivity contribution is -0.137. The third-order valence-corrected chi connectivity index (χ3v) is 8.50. The summed E-state index contributed by atoms with van der Waals surface area (Å²) in [4.78, 5) is 50.5. The number of carbonyl (C=O) groups is 3. The van der Waals surface area contributed by atoms with E-state index in [1.165, 1.54) is 30.5 Å². The van der Waals surface area contributed by atoms with E-state index in [9.17, 15) is 27.6 Å². The number of hydrogen-bond acceptors (Lipinski definition) is 11. The topological polar surface area (TPSA) is 228 Å². The Bertz CT molecular complexity index is 1430. The van der Waals surface area contributed by atoms with Crippen LogP contribution >= 0.6 is 0 Å². The zero-order chi connectivity index (χ0) is 39.4. The second-order valence-electron chi connectivity index (χ2n) is 12.4. The van der Waals surface area contributed by atoms with E-state index in [4.69, 9.17) is 28.7 Å². The van der Waals surface area contributed by atoms with Crippen molar-refractivity contribution in [2.75, 3.05) is 83.9 Å². The van der Waals surface area contributed by atoms with E-state index in [1.807, 2.05) is 0 Å². The van der Waals surface area contributed by atoms with Crippen LogP contribution in [0.3, 0.4) is 0 Å². The second-order valence-corrected chi connectivity index (χ2v) is 12.4. The molecule has 0 saturated carbocycles. The number of alkyl halides is 3. The first-order valence-corrected chi connectivity index (χ1v) is 17.6. The van der Waals surface area contributed by atoms with Gasteiger partial charge in [0.25, 0.3) is 0 Å². The van der Waals surface area contributed by atoms with E-state index in [0.29, 0.717) is 101 Å². The smallest absolute Gasteiger partial charge is 0.343 e. The van der Waals surface area contributed by atoms with Gasteiger partial charge in [-0.2, -0.15) is 13.2 Å². The van der Waals surface area contributed by atoms with Crippen LogP contribution in [-0.4, -0.2) is 128 Å². The number of carbonyl (C=O) groups excluding carboxylic acids is 3. The first kappa shape index (κ1) is 44.9. The van der Waals surface area contributed by atoms with Crippen LogP contribution in [-0.2, 0) is 27.0 Å². The Kier molecular flexibility index (Phi) is 19.9. The molecule has 17 heteroatoms. The van der Waals surface area contributed by atoms with Gasteiger partial charge in [-0.05, 0) is 36.3 Å². The number of nitrogens with zero attached hydrogens (tertiary/aromatic N) is 4. The summed E-state index contributed by atoms with van der Waals surface area (Å²) in [5.74, 6) is -1.59. The van der Waals surface area contributed by atoms with Crippen molar-refractivity contribution in [3.05, 3.63) is 72.1 Å². The third kappa shape index (κ3) is 15.7. The molecule has 2 unspecified atom stereocenters. The minimum atomic E-state index is -4.54. The molecule has 0 aliphatic carbocycles. The van der Waals surface area contributed by atoms with Gasteiger partial charge in [-0.15, -0.1) is 0 Å². The quantitative estimate of drug-likeness (QED) is 0.0737. The Morgan fingerprint density at radius 3 is 1.83 bits per heavy atom. The molecule has 2 aromatic rings. The molecule has 0 aliphatic rings. The highest BCUT2D eigenvalue weighted by Gasteiger charge is 2.31. The Balaban J connectivity index is 2.21. The normalized spacial score (nSPS) is 12.7. The molecule has 0 saturated heterocycles. The molecule has 0 spiro atoms. The van der Waals surface area contributed by atoms with Crippen molar-refractivity contribution >= 4 is 35.6 Å².